The molecule has 11 heteroatoms. The molecule has 3 heterocycles. The van der Waals surface area contributed by atoms with Gasteiger partial charge in [0.2, 0.25) is 0 Å². The summed E-state index contributed by atoms with van der Waals surface area (Å²) < 4.78 is 0.609. The van der Waals surface area contributed by atoms with Crippen molar-refractivity contribution < 1.29 is 19.5 Å². The van der Waals surface area contributed by atoms with Crippen molar-refractivity contribution in [1.82, 2.24) is 19.8 Å². The van der Waals surface area contributed by atoms with Gasteiger partial charge in [-0.1, -0.05) is 78.9 Å². The Balaban J connectivity index is 1.62. The van der Waals surface area contributed by atoms with E-state index in [4.69, 9.17) is 11.5 Å². The van der Waals surface area contributed by atoms with Gasteiger partial charge < -0.3 is 16.6 Å². The molecule has 0 bridgehead atoms. The zero-order valence-electron chi connectivity index (χ0n) is 21.4. The third-order valence-corrected chi connectivity index (χ3v) is 6.14. The van der Waals surface area contributed by atoms with Gasteiger partial charge in [-0.05, 0) is 29.3 Å². The molecule has 0 atom stereocenters. The van der Waals surface area contributed by atoms with Gasteiger partial charge in [-0.15, -0.1) is 5.01 Å². The van der Waals surface area contributed by atoms with E-state index in [0.717, 1.165) is 0 Å². The van der Waals surface area contributed by atoms with Crippen LogP contribution < -0.4 is 16.6 Å². The predicted octanol–water partition coefficient (Wildman–Crippen LogP) is 3.29. The Bertz CT molecular complexity index is 1760. The number of nitrogens with two attached hydrogens (primary N) is 2. The first-order valence-electron chi connectivity index (χ1n) is 12.3. The number of carbonyl (C=O) groups is 3. The van der Waals surface area contributed by atoms with Gasteiger partial charge in [-0.25, -0.2) is 9.59 Å². The fraction of sp³-hybridized carbons (Fsp3) is 0. The summed E-state index contributed by atoms with van der Waals surface area (Å²) in [7, 11) is 0. The minimum atomic E-state index is -1.01. The van der Waals surface area contributed by atoms with Crippen LogP contribution in [0.15, 0.2) is 114 Å². The highest BCUT2D eigenvalue weighted by Gasteiger charge is 2.33. The van der Waals surface area contributed by atoms with Gasteiger partial charge in [0, 0.05) is 35.0 Å². The first-order chi connectivity index (χ1) is 19.8. The van der Waals surface area contributed by atoms with E-state index < -0.39 is 23.8 Å². The summed E-state index contributed by atoms with van der Waals surface area (Å²) in [5.41, 5.74) is 14.1. The van der Waals surface area contributed by atoms with E-state index in [-0.39, 0.29) is 22.5 Å². The number of amides is 4. The molecule has 41 heavy (non-hydrogen) atoms. The highest BCUT2D eigenvalue weighted by atomic mass is 16.3. The van der Waals surface area contributed by atoms with Crippen LogP contribution >= 0.6 is 0 Å². The van der Waals surface area contributed by atoms with Crippen molar-refractivity contribution in [2.24, 2.45) is 16.6 Å². The Morgan fingerprint density at radius 3 is 2.10 bits per heavy atom. The summed E-state index contributed by atoms with van der Waals surface area (Å²) in [5, 5.41) is 22.0. The number of carbonyl (C=O) groups excluding carboxylic acids is 3. The van der Waals surface area contributed by atoms with Gasteiger partial charge in [-0.2, -0.15) is 14.9 Å². The summed E-state index contributed by atoms with van der Waals surface area (Å²) in [6.07, 6.45) is 9.53. The molecular weight excluding hydrogens is 522 g/mol. The fourth-order valence-electron chi connectivity index (χ4n) is 4.19. The minimum absolute atomic E-state index is 0.144. The lowest BCUT2D eigenvalue weighted by atomic mass is 10.00. The number of allylic oxidation sites excluding steroid dienone is 4. The largest absolute Gasteiger partial charge is 0.858 e. The number of urea groups is 1. The maximum Gasteiger partial charge on any atom is 0.342 e. The first-order valence-corrected chi connectivity index (χ1v) is 12.3. The first kappa shape index (κ1) is 26.5. The van der Waals surface area contributed by atoms with Crippen LogP contribution in [-0.4, -0.2) is 43.5 Å². The number of primary amides is 2. The average molecular weight is 545 g/mol. The van der Waals surface area contributed by atoms with Gasteiger partial charge in [0.15, 0.2) is 0 Å². The summed E-state index contributed by atoms with van der Waals surface area (Å²) in [5.74, 6) is -1.36. The van der Waals surface area contributed by atoms with Crippen molar-refractivity contribution >= 4 is 35.3 Å². The Morgan fingerprint density at radius 2 is 1.49 bits per heavy atom. The summed E-state index contributed by atoms with van der Waals surface area (Å²) >= 11 is 0. The molecule has 1 aliphatic heterocycles. The van der Waals surface area contributed by atoms with Crippen LogP contribution in [0.1, 0.15) is 16.7 Å². The van der Waals surface area contributed by atoms with E-state index in [1.807, 2.05) is 12.1 Å². The molecule has 202 valence electrons. The molecular formula is C30H22N7O4-. The van der Waals surface area contributed by atoms with Gasteiger partial charge in [0.1, 0.15) is 5.71 Å². The number of benzene rings is 2. The average Bonchev–Trinajstić information content (AvgIpc) is 3.51. The molecule has 0 spiro atoms. The zero-order chi connectivity index (χ0) is 28.9. The topological polar surface area (TPSA) is 173 Å². The van der Waals surface area contributed by atoms with Crippen molar-refractivity contribution in [2.45, 2.75) is 0 Å². The lowest BCUT2D eigenvalue weighted by molar-refractivity contribution is -0.277. The smallest absolute Gasteiger partial charge is 0.342 e. The SMILES string of the molecule is NC(=O)N1N=C(c2ccccc2)/C(=C/C=C(/C=C/c2c(-c3ccccc3)nn(C(N)=O)c2[O-])c2ccncc2)C1=O. The third kappa shape index (κ3) is 5.40. The maximum atomic E-state index is 13.1. The standard InChI is InChI=1S/C30H23N7O4/c31-29(40)36-27(38)23(25(34-36)21-7-3-1-4-8-21)13-11-19(20-15-17-33-18-16-20)12-14-24-26(22-9-5-2-6-10-22)35-37(28(24)39)30(32)41/h1-18,38H,(H2,31,40)(H2,32,41)/p-1/b13-11+,19-12-,24-14-. The highest BCUT2D eigenvalue weighted by Crippen LogP contribution is 2.31. The monoisotopic (exact) mass is 544 g/mol. The van der Waals surface area contributed by atoms with Gasteiger partial charge in [-0.3, -0.25) is 9.78 Å². The van der Waals surface area contributed by atoms with Crippen molar-refractivity contribution in [3.05, 3.63) is 126 Å². The van der Waals surface area contributed by atoms with E-state index in [9.17, 15) is 19.5 Å². The molecule has 2 aromatic heterocycles. The predicted molar refractivity (Wildman–Crippen MR) is 151 cm³/mol. The van der Waals surface area contributed by atoms with Crippen LogP contribution in [0.5, 0.6) is 5.88 Å². The third-order valence-electron chi connectivity index (χ3n) is 6.14. The second-order valence-electron chi connectivity index (χ2n) is 8.72. The second-order valence-corrected chi connectivity index (χ2v) is 8.72. The molecule has 0 fully saturated rings. The highest BCUT2D eigenvalue weighted by molar-refractivity contribution is 6.33. The van der Waals surface area contributed by atoms with E-state index in [0.29, 0.717) is 32.0 Å². The Hall–Kier alpha value is -6.10. The van der Waals surface area contributed by atoms with E-state index in [1.165, 1.54) is 12.2 Å². The molecule has 0 saturated heterocycles. The Labute approximate surface area is 234 Å². The molecule has 4 N–H and O–H groups in total. The molecule has 0 aliphatic carbocycles. The molecule has 2 aromatic carbocycles. The molecule has 5 rings (SSSR count). The number of hydrazone groups is 1. The van der Waals surface area contributed by atoms with Crippen LogP contribution in [0.3, 0.4) is 0 Å². The van der Waals surface area contributed by atoms with Crippen LogP contribution in [0, 0.1) is 0 Å². The summed E-state index contributed by atoms with van der Waals surface area (Å²) in [4.78, 5) is 40.9. The molecule has 4 aromatic rings. The number of hydrogen-bond donors (Lipinski definition) is 2. The lowest BCUT2D eigenvalue weighted by Crippen LogP contribution is -2.33. The van der Waals surface area contributed by atoms with Crippen molar-refractivity contribution in [3.8, 4) is 17.1 Å². The number of nitrogens with zero attached hydrogens (tertiary/aromatic N) is 5. The number of imide groups is 1. The maximum absolute atomic E-state index is 13.1. The molecule has 1 aliphatic rings. The summed E-state index contributed by atoms with van der Waals surface area (Å²) in [6, 6.07) is 19.3. The quantitative estimate of drug-likeness (QED) is 0.278. The molecule has 0 unspecified atom stereocenters. The fourth-order valence-corrected chi connectivity index (χ4v) is 4.19. The van der Waals surface area contributed by atoms with Crippen molar-refractivity contribution in [1.29, 1.82) is 0 Å². The van der Waals surface area contributed by atoms with Crippen LogP contribution in [-0.2, 0) is 4.79 Å². The number of rotatable bonds is 6. The van der Waals surface area contributed by atoms with Gasteiger partial charge in [0.05, 0.1) is 11.3 Å². The van der Waals surface area contributed by atoms with Crippen LogP contribution in [0.4, 0.5) is 9.59 Å². The van der Waals surface area contributed by atoms with Gasteiger partial charge in [0.25, 0.3) is 5.91 Å². The lowest BCUT2D eigenvalue weighted by Gasteiger charge is -2.08. The number of aromatic nitrogens is 3. The van der Waals surface area contributed by atoms with Crippen LogP contribution in [0.2, 0.25) is 0 Å². The summed E-state index contributed by atoms with van der Waals surface area (Å²) in [6.45, 7) is 0. The molecule has 0 saturated carbocycles. The van der Waals surface area contributed by atoms with Crippen molar-refractivity contribution in [3.63, 3.8) is 0 Å². The normalized spacial score (nSPS) is 14.6. The molecule has 4 amide bonds. The number of pyridine rings is 1. The zero-order valence-corrected chi connectivity index (χ0v) is 21.4. The van der Waals surface area contributed by atoms with Crippen molar-refractivity contribution in [2.75, 3.05) is 0 Å². The van der Waals surface area contributed by atoms with Gasteiger partial charge >= 0.3 is 12.1 Å². The van der Waals surface area contributed by atoms with E-state index in [1.54, 1.807) is 85.2 Å². The van der Waals surface area contributed by atoms with E-state index in [2.05, 4.69) is 15.2 Å². The minimum Gasteiger partial charge on any atom is -0.858 e. The second kappa shape index (κ2) is 11.3. The Morgan fingerprint density at radius 1 is 0.854 bits per heavy atom. The molecule has 0 radical (unpaired) electrons. The number of hydrogen-bond acceptors (Lipinski definition) is 7. The molecule has 11 nitrogen and oxygen atoms in total. The van der Waals surface area contributed by atoms with Crippen LogP contribution in [0.25, 0.3) is 22.9 Å². The van der Waals surface area contributed by atoms with E-state index >= 15 is 0 Å². The Kier molecular flexibility index (Phi) is 7.33.